The quantitative estimate of drug-likeness (QED) is 0.702. The minimum absolute atomic E-state index is 0.631. The second kappa shape index (κ2) is 5.06. The molecule has 112 valence electrons. The normalized spacial score (nSPS) is 29.7. The van der Waals surface area contributed by atoms with Crippen LogP contribution in [0.1, 0.15) is 67.2 Å². The zero-order valence-corrected chi connectivity index (χ0v) is 14.2. The molecule has 0 aromatic heterocycles. The lowest BCUT2D eigenvalue weighted by Crippen LogP contribution is -2.43. The lowest BCUT2D eigenvalue weighted by Gasteiger charge is -2.42. The van der Waals surface area contributed by atoms with Crippen LogP contribution in [0.5, 0.6) is 0 Å². The second-order valence-corrected chi connectivity index (χ2v) is 8.07. The SMILES string of the molecule is CN[C@H](C)C1(C2([C@@H](C)C(C)C(C)C(C)C)CC2)CC1. The molecule has 1 N–H and O–H groups in total. The van der Waals surface area contributed by atoms with Crippen LogP contribution >= 0.6 is 0 Å². The Morgan fingerprint density at radius 1 is 0.737 bits per heavy atom. The van der Waals surface area contributed by atoms with Crippen molar-refractivity contribution >= 4 is 0 Å². The summed E-state index contributed by atoms with van der Waals surface area (Å²) in [5.41, 5.74) is 1.30. The monoisotopic (exact) mass is 265 g/mol. The summed E-state index contributed by atoms with van der Waals surface area (Å²) < 4.78 is 0. The second-order valence-electron chi connectivity index (χ2n) is 8.07. The van der Waals surface area contributed by atoms with E-state index < -0.39 is 0 Å². The molecule has 2 aliphatic rings. The fourth-order valence-electron chi connectivity index (χ4n) is 4.88. The van der Waals surface area contributed by atoms with Crippen LogP contribution in [0, 0.1) is 34.5 Å². The smallest absolute Gasteiger partial charge is 0.00976 e. The maximum atomic E-state index is 3.56. The van der Waals surface area contributed by atoms with Crippen molar-refractivity contribution in [1.82, 2.24) is 5.32 Å². The van der Waals surface area contributed by atoms with Crippen molar-refractivity contribution in [2.75, 3.05) is 7.05 Å². The Balaban J connectivity index is 2.13. The molecule has 0 bridgehead atoms. The molecule has 0 aromatic rings. The molecule has 2 fully saturated rings. The Hall–Kier alpha value is -0.0400. The van der Waals surface area contributed by atoms with E-state index in [1.807, 2.05) is 0 Å². The van der Waals surface area contributed by atoms with E-state index in [0.29, 0.717) is 16.9 Å². The molecule has 2 rings (SSSR count). The van der Waals surface area contributed by atoms with Crippen LogP contribution in [0.3, 0.4) is 0 Å². The topological polar surface area (TPSA) is 12.0 Å². The Labute approximate surface area is 120 Å². The van der Waals surface area contributed by atoms with Gasteiger partial charge in [-0.05, 0) is 74.2 Å². The van der Waals surface area contributed by atoms with Gasteiger partial charge < -0.3 is 5.32 Å². The summed E-state index contributed by atoms with van der Waals surface area (Å²) >= 11 is 0. The highest BCUT2D eigenvalue weighted by Gasteiger charge is 2.69. The van der Waals surface area contributed by atoms with Crippen molar-refractivity contribution < 1.29 is 0 Å². The van der Waals surface area contributed by atoms with Gasteiger partial charge in [0.15, 0.2) is 0 Å². The van der Waals surface area contributed by atoms with Crippen LogP contribution in [0.25, 0.3) is 0 Å². The summed E-state index contributed by atoms with van der Waals surface area (Å²) in [5.74, 6) is 3.38. The molecule has 0 aliphatic heterocycles. The summed E-state index contributed by atoms with van der Waals surface area (Å²) in [6.45, 7) is 14.7. The average molecular weight is 265 g/mol. The maximum Gasteiger partial charge on any atom is 0.00976 e. The van der Waals surface area contributed by atoms with Crippen LogP contribution in [0.15, 0.2) is 0 Å². The predicted molar refractivity (Wildman–Crippen MR) is 84.2 cm³/mol. The van der Waals surface area contributed by atoms with Crippen molar-refractivity contribution in [1.29, 1.82) is 0 Å². The van der Waals surface area contributed by atoms with E-state index in [9.17, 15) is 0 Å². The molecular formula is C18H35N. The fourth-order valence-corrected chi connectivity index (χ4v) is 4.88. The highest BCUT2D eigenvalue weighted by atomic mass is 14.9. The molecule has 0 heterocycles. The molecule has 2 unspecified atom stereocenters. The van der Waals surface area contributed by atoms with Gasteiger partial charge in [0.2, 0.25) is 0 Å². The largest absolute Gasteiger partial charge is 0.317 e. The lowest BCUT2D eigenvalue weighted by molar-refractivity contribution is 0.0782. The Bertz CT molecular complexity index is 312. The highest BCUT2D eigenvalue weighted by molar-refractivity contribution is 5.19. The van der Waals surface area contributed by atoms with E-state index in [0.717, 1.165) is 23.7 Å². The molecule has 4 atom stereocenters. The average Bonchev–Trinajstić information content (AvgIpc) is 3.26. The lowest BCUT2D eigenvalue weighted by atomic mass is 9.65. The summed E-state index contributed by atoms with van der Waals surface area (Å²) in [7, 11) is 2.14. The van der Waals surface area contributed by atoms with Crippen molar-refractivity contribution in [2.24, 2.45) is 34.5 Å². The van der Waals surface area contributed by atoms with Crippen molar-refractivity contribution in [2.45, 2.75) is 73.3 Å². The number of hydrogen-bond acceptors (Lipinski definition) is 1. The maximum absolute atomic E-state index is 3.56. The first-order valence-corrected chi connectivity index (χ1v) is 8.49. The number of rotatable bonds is 7. The molecule has 0 radical (unpaired) electrons. The molecule has 2 saturated carbocycles. The van der Waals surface area contributed by atoms with Crippen LogP contribution in [0.4, 0.5) is 0 Å². The van der Waals surface area contributed by atoms with E-state index in [1.165, 1.54) is 25.7 Å². The zero-order valence-electron chi connectivity index (χ0n) is 14.2. The van der Waals surface area contributed by atoms with Gasteiger partial charge in [0.1, 0.15) is 0 Å². The van der Waals surface area contributed by atoms with Gasteiger partial charge in [-0.25, -0.2) is 0 Å². The molecular weight excluding hydrogens is 230 g/mol. The zero-order chi connectivity index (χ0) is 14.4. The highest BCUT2D eigenvalue weighted by Crippen LogP contribution is 2.75. The standard InChI is InChI=1S/C18H35N/c1-12(2)13(3)14(4)15(5)17(8-9-17)18(10-11-18)16(6)19-7/h12-16,19H,8-11H2,1-7H3/t13?,14?,15-,16+/m0/s1. The molecule has 1 nitrogen and oxygen atoms in total. The van der Waals surface area contributed by atoms with Gasteiger partial charge in [0.25, 0.3) is 0 Å². The Morgan fingerprint density at radius 2 is 1.21 bits per heavy atom. The molecule has 2 aliphatic carbocycles. The van der Waals surface area contributed by atoms with Gasteiger partial charge in [-0.15, -0.1) is 0 Å². The van der Waals surface area contributed by atoms with Gasteiger partial charge >= 0.3 is 0 Å². The van der Waals surface area contributed by atoms with E-state index in [-0.39, 0.29) is 0 Å². The van der Waals surface area contributed by atoms with E-state index in [1.54, 1.807) is 0 Å². The van der Waals surface area contributed by atoms with E-state index in [4.69, 9.17) is 0 Å². The molecule has 0 spiro atoms. The van der Waals surface area contributed by atoms with Gasteiger partial charge in [-0.2, -0.15) is 0 Å². The summed E-state index contributed by atoms with van der Waals surface area (Å²) in [6.07, 6.45) is 5.88. The van der Waals surface area contributed by atoms with Crippen LogP contribution in [-0.4, -0.2) is 13.1 Å². The third-order valence-electron chi connectivity index (χ3n) is 7.37. The predicted octanol–water partition coefficient (Wildman–Crippen LogP) is 4.72. The minimum Gasteiger partial charge on any atom is -0.317 e. The van der Waals surface area contributed by atoms with Gasteiger partial charge in [0, 0.05) is 6.04 Å². The fraction of sp³-hybridized carbons (Fsp3) is 1.00. The van der Waals surface area contributed by atoms with Gasteiger partial charge in [-0.1, -0.05) is 34.6 Å². The van der Waals surface area contributed by atoms with Gasteiger partial charge in [-0.3, -0.25) is 0 Å². The third kappa shape index (κ3) is 2.26. The molecule has 0 amide bonds. The summed E-state index contributed by atoms with van der Waals surface area (Å²) in [5, 5.41) is 3.56. The summed E-state index contributed by atoms with van der Waals surface area (Å²) in [6, 6.07) is 0.694. The number of nitrogens with one attached hydrogen (secondary N) is 1. The Kier molecular flexibility index (Phi) is 4.09. The van der Waals surface area contributed by atoms with Crippen molar-refractivity contribution in [3.8, 4) is 0 Å². The van der Waals surface area contributed by atoms with Crippen molar-refractivity contribution in [3.05, 3.63) is 0 Å². The Morgan fingerprint density at radius 3 is 1.53 bits per heavy atom. The summed E-state index contributed by atoms with van der Waals surface area (Å²) in [4.78, 5) is 0. The van der Waals surface area contributed by atoms with Crippen LogP contribution < -0.4 is 5.32 Å². The third-order valence-corrected chi connectivity index (χ3v) is 7.37. The minimum atomic E-state index is 0.631. The van der Waals surface area contributed by atoms with Crippen molar-refractivity contribution in [3.63, 3.8) is 0 Å². The van der Waals surface area contributed by atoms with Crippen LogP contribution in [0.2, 0.25) is 0 Å². The first-order valence-electron chi connectivity index (χ1n) is 8.49. The van der Waals surface area contributed by atoms with E-state index in [2.05, 4.69) is 53.9 Å². The first kappa shape index (κ1) is 15.4. The van der Waals surface area contributed by atoms with Gasteiger partial charge in [0.05, 0.1) is 0 Å². The first-order chi connectivity index (χ1) is 8.82. The van der Waals surface area contributed by atoms with Crippen LogP contribution in [-0.2, 0) is 0 Å². The van der Waals surface area contributed by atoms with E-state index >= 15 is 0 Å². The molecule has 19 heavy (non-hydrogen) atoms. The molecule has 0 aromatic carbocycles. The molecule has 0 saturated heterocycles. The molecule has 1 heteroatoms. The number of hydrogen-bond donors (Lipinski definition) is 1.